The highest BCUT2D eigenvalue weighted by molar-refractivity contribution is 9.10. The van der Waals surface area contributed by atoms with E-state index in [0.29, 0.717) is 19.6 Å². The molecule has 0 aliphatic carbocycles. The molecule has 5 nitrogen and oxygen atoms in total. The van der Waals surface area contributed by atoms with Crippen LogP contribution >= 0.6 is 27.3 Å². The van der Waals surface area contributed by atoms with E-state index in [1.165, 1.54) is 0 Å². The molecule has 0 N–H and O–H groups in total. The zero-order chi connectivity index (χ0) is 17.9. The van der Waals surface area contributed by atoms with Crippen LogP contribution in [0.3, 0.4) is 0 Å². The average molecular weight is 437 g/mol. The summed E-state index contributed by atoms with van der Waals surface area (Å²) in [5.41, 5.74) is 1.89. The normalized spacial score (nSPS) is 21.3. The van der Waals surface area contributed by atoms with Crippen LogP contribution in [0.2, 0.25) is 0 Å². The predicted molar refractivity (Wildman–Crippen MR) is 104 cm³/mol. The van der Waals surface area contributed by atoms with Crippen molar-refractivity contribution in [2.24, 2.45) is 0 Å². The SMILES string of the molecule is O=C(Cc1csc(-c2cccc(Br)c2)n1)N1CCCCC1C1OCCO1. The van der Waals surface area contributed by atoms with Crippen molar-refractivity contribution in [3.8, 4) is 10.6 Å². The summed E-state index contributed by atoms with van der Waals surface area (Å²) in [4.78, 5) is 19.5. The zero-order valence-corrected chi connectivity index (χ0v) is 16.8. The van der Waals surface area contributed by atoms with Crippen LogP contribution in [0.4, 0.5) is 0 Å². The Kier molecular flexibility index (Phi) is 5.69. The molecular weight excluding hydrogens is 416 g/mol. The maximum absolute atomic E-state index is 12.9. The largest absolute Gasteiger partial charge is 0.348 e. The fourth-order valence-corrected chi connectivity index (χ4v) is 4.76. The maximum atomic E-state index is 12.9. The van der Waals surface area contributed by atoms with E-state index in [-0.39, 0.29) is 18.2 Å². The van der Waals surface area contributed by atoms with Gasteiger partial charge < -0.3 is 14.4 Å². The van der Waals surface area contributed by atoms with E-state index in [0.717, 1.165) is 46.5 Å². The summed E-state index contributed by atoms with van der Waals surface area (Å²) in [5.74, 6) is 0.111. The minimum absolute atomic E-state index is 0.0296. The van der Waals surface area contributed by atoms with Crippen molar-refractivity contribution < 1.29 is 14.3 Å². The van der Waals surface area contributed by atoms with Crippen LogP contribution in [0, 0.1) is 0 Å². The number of aromatic nitrogens is 1. The average Bonchev–Trinajstić information content (AvgIpc) is 3.34. The van der Waals surface area contributed by atoms with Gasteiger partial charge in [-0.1, -0.05) is 28.1 Å². The second kappa shape index (κ2) is 8.17. The van der Waals surface area contributed by atoms with Crippen LogP contribution in [-0.4, -0.2) is 47.9 Å². The van der Waals surface area contributed by atoms with E-state index < -0.39 is 0 Å². The first kappa shape index (κ1) is 18.1. The molecule has 0 saturated carbocycles. The number of thiazole rings is 1. The van der Waals surface area contributed by atoms with Gasteiger partial charge in [0.2, 0.25) is 5.91 Å². The molecular formula is C19H21BrN2O3S. The number of carbonyl (C=O) groups excluding carboxylic acids is 1. The van der Waals surface area contributed by atoms with Crippen LogP contribution < -0.4 is 0 Å². The predicted octanol–water partition coefficient (Wildman–Crippen LogP) is 3.87. The second-order valence-corrected chi connectivity index (χ2v) is 8.37. The van der Waals surface area contributed by atoms with Gasteiger partial charge in [-0.25, -0.2) is 4.98 Å². The molecule has 3 heterocycles. The van der Waals surface area contributed by atoms with Crippen LogP contribution in [0.1, 0.15) is 25.0 Å². The number of carbonyl (C=O) groups is 1. The third-order valence-corrected chi connectivity index (χ3v) is 6.22. The van der Waals surface area contributed by atoms with Gasteiger partial charge >= 0.3 is 0 Å². The van der Waals surface area contributed by atoms with Gasteiger partial charge in [-0.15, -0.1) is 11.3 Å². The first-order valence-electron chi connectivity index (χ1n) is 8.94. The van der Waals surface area contributed by atoms with E-state index in [1.807, 2.05) is 34.5 Å². The minimum atomic E-state index is -0.271. The van der Waals surface area contributed by atoms with E-state index in [2.05, 4.69) is 20.9 Å². The molecule has 1 aromatic carbocycles. The van der Waals surface area contributed by atoms with Gasteiger partial charge in [0, 0.05) is 22.0 Å². The van der Waals surface area contributed by atoms with Crippen molar-refractivity contribution in [3.63, 3.8) is 0 Å². The third-order valence-electron chi connectivity index (χ3n) is 4.79. The lowest BCUT2D eigenvalue weighted by Gasteiger charge is -2.38. The first-order chi connectivity index (χ1) is 12.7. The summed E-state index contributed by atoms with van der Waals surface area (Å²) in [7, 11) is 0. The van der Waals surface area contributed by atoms with Gasteiger partial charge in [0.05, 0.1) is 31.4 Å². The number of hydrogen-bond donors (Lipinski definition) is 0. The molecule has 4 rings (SSSR count). The van der Waals surface area contributed by atoms with Crippen molar-refractivity contribution in [1.82, 2.24) is 9.88 Å². The Bertz CT molecular complexity index is 776. The number of benzene rings is 1. The minimum Gasteiger partial charge on any atom is -0.348 e. The van der Waals surface area contributed by atoms with Crippen LogP contribution in [0.5, 0.6) is 0 Å². The fourth-order valence-electron chi connectivity index (χ4n) is 3.55. The van der Waals surface area contributed by atoms with Gasteiger partial charge in [0.15, 0.2) is 6.29 Å². The molecule has 1 unspecified atom stereocenters. The monoisotopic (exact) mass is 436 g/mol. The number of amides is 1. The molecule has 2 saturated heterocycles. The number of hydrogen-bond acceptors (Lipinski definition) is 5. The van der Waals surface area contributed by atoms with E-state index in [1.54, 1.807) is 11.3 Å². The fraction of sp³-hybridized carbons (Fsp3) is 0.474. The second-order valence-electron chi connectivity index (χ2n) is 6.59. The van der Waals surface area contributed by atoms with E-state index in [9.17, 15) is 4.79 Å². The molecule has 0 radical (unpaired) electrons. The Hall–Kier alpha value is -1.28. The highest BCUT2D eigenvalue weighted by Crippen LogP contribution is 2.28. The molecule has 26 heavy (non-hydrogen) atoms. The molecule has 138 valence electrons. The van der Waals surface area contributed by atoms with Crippen molar-refractivity contribution in [1.29, 1.82) is 0 Å². The Balaban J connectivity index is 1.45. The number of piperidine rings is 1. The maximum Gasteiger partial charge on any atom is 0.229 e. The van der Waals surface area contributed by atoms with Gasteiger partial charge in [-0.2, -0.15) is 0 Å². The Morgan fingerprint density at radius 3 is 2.96 bits per heavy atom. The molecule has 1 atom stereocenters. The summed E-state index contributed by atoms with van der Waals surface area (Å²) in [6.07, 6.45) is 3.15. The molecule has 1 amide bonds. The number of nitrogens with zero attached hydrogens (tertiary/aromatic N) is 2. The number of likely N-dealkylation sites (tertiary alicyclic amines) is 1. The smallest absolute Gasteiger partial charge is 0.229 e. The zero-order valence-electron chi connectivity index (χ0n) is 14.4. The van der Waals surface area contributed by atoms with Crippen LogP contribution in [-0.2, 0) is 20.7 Å². The quantitative estimate of drug-likeness (QED) is 0.729. The number of rotatable bonds is 4. The summed E-state index contributed by atoms with van der Waals surface area (Å²) in [6, 6.07) is 8.09. The van der Waals surface area contributed by atoms with Gasteiger partial charge in [0.1, 0.15) is 5.01 Å². The van der Waals surface area contributed by atoms with Crippen molar-refractivity contribution in [2.75, 3.05) is 19.8 Å². The Labute approximate surface area is 165 Å². The van der Waals surface area contributed by atoms with Gasteiger partial charge in [-0.3, -0.25) is 4.79 Å². The first-order valence-corrected chi connectivity index (χ1v) is 10.6. The molecule has 2 aliphatic heterocycles. The van der Waals surface area contributed by atoms with E-state index >= 15 is 0 Å². The summed E-state index contributed by atoms with van der Waals surface area (Å²) < 4.78 is 12.3. The van der Waals surface area contributed by atoms with Crippen LogP contribution in [0.25, 0.3) is 10.6 Å². The summed E-state index contributed by atoms with van der Waals surface area (Å²) in [6.45, 7) is 2.01. The summed E-state index contributed by atoms with van der Waals surface area (Å²) >= 11 is 5.06. The van der Waals surface area contributed by atoms with Crippen molar-refractivity contribution >= 4 is 33.2 Å². The van der Waals surface area contributed by atoms with Crippen molar-refractivity contribution in [2.45, 2.75) is 38.0 Å². The molecule has 0 bridgehead atoms. The molecule has 2 aliphatic rings. The molecule has 0 spiro atoms. The molecule has 7 heteroatoms. The standard InChI is InChI=1S/C19H21BrN2O3S/c20-14-5-3-4-13(10-14)18-21-15(12-26-18)11-17(23)22-7-2-1-6-16(22)19-24-8-9-25-19/h3-5,10,12,16,19H,1-2,6-9,11H2. The van der Waals surface area contributed by atoms with Crippen LogP contribution in [0.15, 0.2) is 34.1 Å². The summed E-state index contributed by atoms with van der Waals surface area (Å²) in [5, 5.41) is 2.92. The molecule has 2 aromatic rings. The molecule has 1 aromatic heterocycles. The lowest BCUT2D eigenvalue weighted by atomic mass is 10.0. The van der Waals surface area contributed by atoms with Crippen molar-refractivity contribution in [3.05, 3.63) is 39.8 Å². The highest BCUT2D eigenvalue weighted by atomic mass is 79.9. The van der Waals surface area contributed by atoms with E-state index in [4.69, 9.17) is 9.47 Å². The van der Waals surface area contributed by atoms with Gasteiger partial charge in [0.25, 0.3) is 0 Å². The Morgan fingerprint density at radius 1 is 1.31 bits per heavy atom. The lowest BCUT2D eigenvalue weighted by molar-refractivity contribution is -0.150. The topological polar surface area (TPSA) is 51.7 Å². The lowest BCUT2D eigenvalue weighted by Crippen LogP contribution is -2.50. The number of ether oxygens (including phenoxy) is 2. The van der Waals surface area contributed by atoms with Gasteiger partial charge in [-0.05, 0) is 31.4 Å². The number of halogens is 1. The Morgan fingerprint density at radius 2 is 2.15 bits per heavy atom. The highest BCUT2D eigenvalue weighted by Gasteiger charge is 2.36. The third kappa shape index (κ3) is 4.01. The molecule has 2 fully saturated rings.